The van der Waals surface area contributed by atoms with Crippen LogP contribution in [0.25, 0.3) is 0 Å². The average Bonchev–Trinajstić information content (AvgIpc) is 3.21. The molecule has 0 bridgehead atoms. The second-order valence-electron chi connectivity index (χ2n) is 16.2. The fraction of sp³-hybridized carbons (Fsp3) is 0.571. The molecular formula is C42H61F2N3O. The highest BCUT2D eigenvalue weighted by Gasteiger charge is 2.34. The Bertz CT molecular complexity index is 1330. The highest BCUT2D eigenvalue weighted by Crippen LogP contribution is 2.42. The van der Waals surface area contributed by atoms with E-state index in [0.717, 1.165) is 88.4 Å². The first kappa shape index (κ1) is 38.0. The van der Waals surface area contributed by atoms with Crippen LogP contribution in [0.15, 0.2) is 83.7 Å². The van der Waals surface area contributed by atoms with Crippen LogP contribution in [0.1, 0.15) is 84.3 Å². The van der Waals surface area contributed by atoms with E-state index in [9.17, 15) is 8.78 Å². The van der Waals surface area contributed by atoms with Crippen LogP contribution in [-0.4, -0.2) is 81.2 Å². The van der Waals surface area contributed by atoms with Crippen LogP contribution in [-0.2, 0) is 4.74 Å². The molecule has 48 heavy (non-hydrogen) atoms. The third kappa shape index (κ3) is 11.4. The van der Waals surface area contributed by atoms with Crippen molar-refractivity contribution in [3.05, 3.63) is 106 Å². The van der Waals surface area contributed by atoms with E-state index in [1.807, 2.05) is 24.3 Å². The largest absolute Gasteiger partial charge is 0.496 e. The van der Waals surface area contributed by atoms with Crippen molar-refractivity contribution in [2.45, 2.75) is 73.1 Å². The molecule has 6 heteroatoms. The van der Waals surface area contributed by atoms with Crippen molar-refractivity contribution in [2.75, 3.05) is 66.5 Å². The summed E-state index contributed by atoms with van der Waals surface area (Å²) >= 11 is 0. The molecule has 4 nitrogen and oxygen atoms in total. The molecule has 1 atom stereocenters. The lowest BCUT2D eigenvalue weighted by atomic mass is 9.75. The number of allylic oxidation sites excluding steroid dienone is 3. The molecule has 1 aliphatic carbocycles. The summed E-state index contributed by atoms with van der Waals surface area (Å²) < 4.78 is 33.8. The lowest BCUT2D eigenvalue weighted by Crippen LogP contribution is -2.47. The van der Waals surface area contributed by atoms with Gasteiger partial charge in [-0.15, -0.1) is 0 Å². The summed E-state index contributed by atoms with van der Waals surface area (Å²) in [5.41, 5.74) is 4.89. The van der Waals surface area contributed by atoms with Gasteiger partial charge in [-0.05, 0) is 90.9 Å². The maximum absolute atomic E-state index is 13.6. The zero-order chi connectivity index (χ0) is 34.9. The van der Waals surface area contributed by atoms with Gasteiger partial charge in [0.15, 0.2) is 0 Å². The molecule has 2 aliphatic rings. The Hall–Kier alpha value is -2.80. The van der Waals surface area contributed by atoms with Crippen LogP contribution < -0.4 is 0 Å². The van der Waals surface area contributed by atoms with E-state index in [-0.39, 0.29) is 34.3 Å². The Kier molecular flexibility index (Phi) is 13.6. The molecule has 2 aromatic carbocycles. The molecule has 4 rings (SSSR count). The summed E-state index contributed by atoms with van der Waals surface area (Å²) in [6.45, 7) is 21.9. The van der Waals surface area contributed by atoms with Gasteiger partial charge < -0.3 is 14.5 Å². The molecule has 1 heterocycles. The molecule has 0 aromatic heterocycles. The van der Waals surface area contributed by atoms with Crippen molar-refractivity contribution >= 4 is 0 Å². The summed E-state index contributed by atoms with van der Waals surface area (Å²) in [7, 11) is 4.19. The average molecular weight is 662 g/mol. The lowest BCUT2D eigenvalue weighted by Gasteiger charge is -2.35. The number of piperazine rings is 1. The highest BCUT2D eigenvalue weighted by atomic mass is 19.1. The van der Waals surface area contributed by atoms with Crippen LogP contribution in [0.2, 0.25) is 0 Å². The van der Waals surface area contributed by atoms with Crippen molar-refractivity contribution in [3.63, 3.8) is 0 Å². The molecule has 0 spiro atoms. The quantitative estimate of drug-likeness (QED) is 0.188. The number of likely N-dealkylation sites (N-methyl/N-ethyl adjacent to an activating group) is 1. The van der Waals surface area contributed by atoms with Crippen LogP contribution in [0.4, 0.5) is 8.78 Å². The van der Waals surface area contributed by atoms with Gasteiger partial charge in [0.05, 0.1) is 0 Å². The Morgan fingerprint density at radius 2 is 1.35 bits per heavy atom. The van der Waals surface area contributed by atoms with Crippen molar-refractivity contribution in [3.8, 4) is 0 Å². The zero-order valence-electron chi connectivity index (χ0n) is 31.0. The van der Waals surface area contributed by atoms with Crippen LogP contribution in [0.3, 0.4) is 0 Å². The van der Waals surface area contributed by atoms with Gasteiger partial charge in [0.1, 0.15) is 24.0 Å². The second kappa shape index (κ2) is 17.2. The van der Waals surface area contributed by atoms with Crippen molar-refractivity contribution in [1.82, 2.24) is 14.7 Å². The molecule has 0 saturated carbocycles. The lowest BCUT2D eigenvalue weighted by molar-refractivity contribution is 0.128. The summed E-state index contributed by atoms with van der Waals surface area (Å²) in [6, 6.07) is 13.6. The number of ether oxygens (including phenoxy) is 1. The third-order valence-electron chi connectivity index (χ3n) is 9.80. The van der Waals surface area contributed by atoms with E-state index >= 15 is 0 Å². The maximum Gasteiger partial charge on any atom is 0.123 e. The number of rotatable bonds is 14. The highest BCUT2D eigenvalue weighted by molar-refractivity contribution is 5.42. The van der Waals surface area contributed by atoms with Gasteiger partial charge >= 0.3 is 0 Å². The molecule has 0 radical (unpaired) electrons. The molecule has 2 aromatic rings. The standard InChI is InChI=1S/C42H61F2N3O/c1-41(2,3)38-22-13-32(30-39(42(4,5)6)40(38)48-29-28-45(7)8)31-47-26-24-46(25-27-47)23-11-9-10-12-37(33-14-18-35(43)19-15-33)34-16-20-36(44)21-17-34/h13-22,30,37-38H,9-12,23-29,31H2,1-8H3. The number of benzene rings is 2. The predicted octanol–water partition coefficient (Wildman–Crippen LogP) is 9.31. The molecule has 1 fully saturated rings. The molecular weight excluding hydrogens is 600 g/mol. The first-order chi connectivity index (χ1) is 22.7. The predicted molar refractivity (Wildman–Crippen MR) is 197 cm³/mol. The Morgan fingerprint density at radius 1 is 0.792 bits per heavy atom. The van der Waals surface area contributed by atoms with Gasteiger partial charge in [-0.3, -0.25) is 4.90 Å². The minimum Gasteiger partial charge on any atom is -0.496 e. The first-order valence-electron chi connectivity index (χ1n) is 18.1. The van der Waals surface area contributed by atoms with Gasteiger partial charge in [0, 0.05) is 51.1 Å². The van der Waals surface area contributed by atoms with Gasteiger partial charge in [0.2, 0.25) is 0 Å². The Balaban J connectivity index is 1.29. The summed E-state index contributed by atoms with van der Waals surface area (Å²) in [4.78, 5) is 7.39. The second-order valence-corrected chi connectivity index (χ2v) is 16.2. The molecule has 1 unspecified atom stereocenters. The molecule has 1 saturated heterocycles. The third-order valence-corrected chi connectivity index (χ3v) is 9.80. The minimum absolute atomic E-state index is 0.0228. The van der Waals surface area contributed by atoms with Gasteiger partial charge in [-0.2, -0.15) is 0 Å². The van der Waals surface area contributed by atoms with Gasteiger partial charge in [-0.1, -0.05) is 96.9 Å². The topological polar surface area (TPSA) is 19.0 Å². The van der Waals surface area contributed by atoms with Gasteiger partial charge in [-0.25, -0.2) is 8.78 Å². The van der Waals surface area contributed by atoms with Crippen LogP contribution in [0.5, 0.6) is 0 Å². The van der Waals surface area contributed by atoms with Crippen LogP contribution >= 0.6 is 0 Å². The Morgan fingerprint density at radius 3 is 1.88 bits per heavy atom. The molecule has 0 amide bonds. The van der Waals surface area contributed by atoms with E-state index < -0.39 is 0 Å². The summed E-state index contributed by atoms with van der Waals surface area (Å²) in [5, 5.41) is 0. The van der Waals surface area contributed by atoms with E-state index in [4.69, 9.17) is 4.74 Å². The summed E-state index contributed by atoms with van der Waals surface area (Å²) in [5.74, 6) is 1.05. The monoisotopic (exact) mass is 661 g/mol. The number of hydrogen-bond acceptors (Lipinski definition) is 4. The number of nitrogens with zero attached hydrogens (tertiary/aromatic N) is 3. The molecule has 0 N–H and O–H groups in total. The van der Waals surface area contributed by atoms with Gasteiger partial charge in [0.25, 0.3) is 0 Å². The number of hydrogen-bond donors (Lipinski definition) is 0. The van der Waals surface area contributed by atoms with Crippen molar-refractivity contribution < 1.29 is 13.5 Å². The maximum atomic E-state index is 13.6. The van der Waals surface area contributed by atoms with E-state index in [2.05, 4.69) is 88.6 Å². The smallest absolute Gasteiger partial charge is 0.123 e. The fourth-order valence-corrected chi connectivity index (χ4v) is 6.86. The van der Waals surface area contributed by atoms with E-state index in [0.29, 0.717) is 6.61 Å². The van der Waals surface area contributed by atoms with Crippen LogP contribution in [0, 0.1) is 28.4 Å². The first-order valence-corrected chi connectivity index (χ1v) is 18.1. The Labute approximate surface area is 290 Å². The fourth-order valence-electron chi connectivity index (χ4n) is 6.86. The molecule has 264 valence electrons. The SMILES string of the molecule is CN(C)CCOC1=C(C(C)(C)C)C=C(CN2CCN(CCCCCC(c3ccc(F)cc3)c3ccc(F)cc3)CC2)C=CC1C(C)(C)C. The van der Waals surface area contributed by atoms with Crippen molar-refractivity contribution in [2.24, 2.45) is 16.7 Å². The van der Waals surface area contributed by atoms with E-state index in [1.54, 1.807) is 0 Å². The van der Waals surface area contributed by atoms with E-state index in [1.165, 1.54) is 35.4 Å². The number of halogens is 2. The summed E-state index contributed by atoms with van der Waals surface area (Å²) in [6.07, 6.45) is 11.5. The minimum atomic E-state index is -0.227. The number of unbranched alkanes of at least 4 members (excludes halogenated alkanes) is 2. The normalized spacial score (nSPS) is 18.5. The molecule has 1 aliphatic heterocycles. The van der Waals surface area contributed by atoms with Crippen molar-refractivity contribution in [1.29, 1.82) is 0 Å². The zero-order valence-corrected chi connectivity index (χ0v) is 31.0.